The molecule has 17 heavy (non-hydrogen) atoms. The minimum atomic E-state index is -0.478. The fraction of sp³-hybridized carbons (Fsp3) is 0.167. The number of carbonyl (C=O) groups is 1. The van der Waals surface area contributed by atoms with Gasteiger partial charge in [-0.05, 0) is 22.9 Å². The van der Waals surface area contributed by atoms with Gasteiger partial charge in [-0.1, -0.05) is 0 Å². The Morgan fingerprint density at radius 2 is 2.29 bits per heavy atom. The largest absolute Gasteiger partial charge is 0.457 e. The van der Waals surface area contributed by atoms with Crippen LogP contribution in [0.4, 0.5) is 0 Å². The van der Waals surface area contributed by atoms with E-state index in [9.17, 15) is 9.59 Å². The van der Waals surface area contributed by atoms with Crippen molar-refractivity contribution in [3.8, 4) is 0 Å². The average Bonchev–Trinajstić information content (AvgIpc) is 2.82. The van der Waals surface area contributed by atoms with Gasteiger partial charge < -0.3 is 9.30 Å². The van der Waals surface area contributed by atoms with Crippen LogP contribution in [0, 0.1) is 0 Å². The van der Waals surface area contributed by atoms with Crippen molar-refractivity contribution >= 4 is 17.3 Å². The molecule has 2 rings (SSSR count). The summed E-state index contributed by atoms with van der Waals surface area (Å²) in [6.07, 6.45) is 1.55. The molecule has 4 nitrogen and oxygen atoms in total. The molecular weight excluding hydrogens is 238 g/mol. The topological polar surface area (TPSA) is 48.3 Å². The van der Waals surface area contributed by atoms with Crippen molar-refractivity contribution in [2.45, 2.75) is 6.61 Å². The molecule has 0 radical (unpaired) electrons. The molecule has 0 aliphatic rings. The molecule has 2 heterocycles. The normalized spacial score (nSPS) is 10.2. The number of hydrogen-bond acceptors (Lipinski definition) is 4. The summed E-state index contributed by atoms with van der Waals surface area (Å²) in [5.74, 6) is -0.478. The quantitative estimate of drug-likeness (QED) is 0.779. The number of thiophene rings is 1. The van der Waals surface area contributed by atoms with E-state index in [2.05, 4.69) is 0 Å². The van der Waals surface area contributed by atoms with Crippen LogP contribution in [0.15, 0.2) is 40.0 Å². The Morgan fingerprint density at radius 3 is 2.94 bits per heavy atom. The van der Waals surface area contributed by atoms with E-state index in [1.165, 1.54) is 10.6 Å². The number of nitrogens with zero attached hydrogens (tertiary/aromatic N) is 1. The Labute approximate surface area is 102 Å². The molecule has 0 saturated carbocycles. The highest BCUT2D eigenvalue weighted by molar-refractivity contribution is 7.07. The number of esters is 1. The molecule has 2 aromatic rings. The summed E-state index contributed by atoms with van der Waals surface area (Å²) in [5.41, 5.74) is 1.01. The highest BCUT2D eigenvalue weighted by Crippen LogP contribution is 2.08. The number of pyridine rings is 1. The number of aryl methyl sites for hydroxylation is 1. The Bertz CT molecular complexity index is 572. The van der Waals surface area contributed by atoms with E-state index >= 15 is 0 Å². The smallest absolute Gasteiger partial charge is 0.338 e. The van der Waals surface area contributed by atoms with Crippen LogP contribution in [0.1, 0.15) is 15.9 Å². The van der Waals surface area contributed by atoms with E-state index in [0.717, 1.165) is 5.56 Å². The zero-order valence-electron chi connectivity index (χ0n) is 9.25. The average molecular weight is 249 g/mol. The molecular formula is C12H11NO3S. The number of rotatable bonds is 3. The molecule has 0 bridgehead atoms. The predicted octanol–water partition coefficient (Wildman–Crippen LogP) is 1.80. The number of aromatic nitrogens is 1. The second kappa shape index (κ2) is 4.97. The minimum Gasteiger partial charge on any atom is -0.457 e. The highest BCUT2D eigenvalue weighted by Gasteiger charge is 2.08. The van der Waals surface area contributed by atoms with Crippen LogP contribution in [0.5, 0.6) is 0 Å². The SMILES string of the molecule is Cn1ccc(C(=O)OCc2ccsc2)cc1=O. The second-order valence-electron chi connectivity index (χ2n) is 3.57. The van der Waals surface area contributed by atoms with E-state index in [1.807, 2.05) is 16.8 Å². The summed E-state index contributed by atoms with van der Waals surface area (Å²) < 4.78 is 6.49. The van der Waals surface area contributed by atoms with E-state index in [0.29, 0.717) is 0 Å². The first kappa shape index (κ1) is 11.6. The molecule has 0 atom stereocenters. The summed E-state index contributed by atoms with van der Waals surface area (Å²) in [4.78, 5) is 23.0. The van der Waals surface area contributed by atoms with Gasteiger partial charge in [0, 0.05) is 24.9 Å². The molecule has 0 unspecified atom stereocenters. The Balaban J connectivity index is 2.04. The predicted molar refractivity (Wildman–Crippen MR) is 65.1 cm³/mol. The highest BCUT2D eigenvalue weighted by atomic mass is 32.1. The lowest BCUT2D eigenvalue weighted by molar-refractivity contribution is 0.0473. The van der Waals surface area contributed by atoms with Gasteiger partial charge in [0.15, 0.2) is 0 Å². The fourth-order valence-electron chi connectivity index (χ4n) is 1.28. The van der Waals surface area contributed by atoms with Crippen LogP contribution in [0.25, 0.3) is 0 Å². The number of hydrogen-bond donors (Lipinski definition) is 0. The van der Waals surface area contributed by atoms with Crippen LogP contribution >= 0.6 is 11.3 Å². The molecule has 0 aliphatic carbocycles. The second-order valence-corrected chi connectivity index (χ2v) is 4.35. The van der Waals surface area contributed by atoms with Crippen molar-refractivity contribution in [3.05, 3.63) is 56.6 Å². The standard InChI is InChI=1S/C12H11NO3S/c1-13-4-2-10(6-11(13)14)12(15)16-7-9-3-5-17-8-9/h2-6,8H,7H2,1H3. The molecule has 0 fully saturated rings. The third-order valence-corrected chi connectivity index (χ3v) is 3.02. The summed E-state index contributed by atoms with van der Waals surface area (Å²) in [6.45, 7) is 0.234. The summed E-state index contributed by atoms with van der Waals surface area (Å²) in [5, 5.41) is 3.83. The first-order valence-electron chi connectivity index (χ1n) is 5.02. The molecule has 88 valence electrons. The van der Waals surface area contributed by atoms with Gasteiger partial charge in [0.2, 0.25) is 0 Å². The maximum Gasteiger partial charge on any atom is 0.338 e. The fourth-order valence-corrected chi connectivity index (χ4v) is 1.94. The molecule has 0 saturated heterocycles. The molecule has 5 heteroatoms. The van der Waals surface area contributed by atoms with Crippen LogP contribution in [0.2, 0.25) is 0 Å². The lowest BCUT2D eigenvalue weighted by Crippen LogP contribution is -2.17. The van der Waals surface area contributed by atoms with Crippen LogP contribution < -0.4 is 5.56 Å². The van der Waals surface area contributed by atoms with Gasteiger partial charge in [0.25, 0.3) is 5.56 Å². The Hall–Kier alpha value is -1.88. The van der Waals surface area contributed by atoms with Gasteiger partial charge in [0.05, 0.1) is 5.56 Å². The van der Waals surface area contributed by atoms with E-state index in [4.69, 9.17) is 4.74 Å². The number of ether oxygens (including phenoxy) is 1. The van der Waals surface area contributed by atoms with Crippen molar-refractivity contribution in [2.75, 3.05) is 0 Å². The zero-order valence-corrected chi connectivity index (χ0v) is 10.1. The van der Waals surface area contributed by atoms with E-state index < -0.39 is 5.97 Å². The van der Waals surface area contributed by atoms with Crippen molar-refractivity contribution in [3.63, 3.8) is 0 Å². The van der Waals surface area contributed by atoms with Gasteiger partial charge >= 0.3 is 5.97 Å². The van der Waals surface area contributed by atoms with Crippen molar-refractivity contribution in [1.82, 2.24) is 4.57 Å². The first-order chi connectivity index (χ1) is 8.16. The monoisotopic (exact) mass is 249 g/mol. The lowest BCUT2D eigenvalue weighted by Gasteiger charge is -2.03. The van der Waals surface area contributed by atoms with Crippen molar-refractivity contribution in [2.24, 2.45) is 7.05 Å². The van der Waals surface area contributed by atoms with Crippen LogP contribution in [-0.4, -0.2) is 10.5 Å². The molecule has 0 N–H and O–H groups in total. The van der Waals surface area contributed by atoms with Gasteiger partial charge in [-0.25, -0.2) is 4.79 Å². The van der Waals surface area contributed by atoms with E-state index in [-0.39, 0.29) is 17.7 Å². The first-order valence-corrected chi connectivity index (χ1v) is 5.96. The third-order valence-electron chi connectivity index (χ3n) is 2.29. The van der Waals surface area contributed by atoms with Gasteiger partial charge in [-0.3, -0.25) is 4.79 Å². The third kappa shape index (κ3) is 2.82. The van der Waals surface area contributed by atoms with Crippen molar-refractivity contribution < 1.29 is 9.53 Å². The Morgan fingerprint density at radius 1 is 1.47 bits per heavy atom. The molecule has 0 aliphatic heterocycles. The summed E-state index contributed by atoms with van der Waals surface area (Å²) in [7, 11) is 1.63. The number of carbonyl (C=O) groups excluding carboxylic acids is 1. The van der Waals surface area contributed by atoms with Crippen LogP contribution in [0.3, 0.4) is 0 Å². The molecule has 0 spiro atoms. The van der Waals surface area contributed by atoms with E-state index in [1.54, 1.807) is 30.6 Å². The minimum absolute atomic E-state index is 0.227. The maximum atomic E-state index is 11.6. The Kier molecular flexibility index (Phi) is 3.39. The van der Waals surface area contributed by atoms with Gasteiger partial charge in [-0.15, -0.1) is 0 Å². The van der Waals surface area contributed by atoms with Crippen LogP contribution in [-0.2, 0) is 18.4 Å². The van der Waals surface area contributed by atoms with Gasteiger partial charge in [-0.2, -0.15) is 11.3 Å². The van der Waals surface area contributed by atoms with Gasteiger partial charge in [0.1, 0.15) is 6.61 Å². The molecule has 0 aromatic carbocycles. The molecule has 2 aromatic heterocycles. The summed E-state index contributed by atoms with van der Waals surface area (Å²) >= 11 is 1.55. The zero-order chi connectivity index (χ0) is 12.3. The lowest BCUT2D eigenvalue weighted by atomic mass is 10.2. The molecule has 0 amide bonds. The van der Waals surface area contributed by atoms with Crippen molar-refractivity contribution in [1.29, 1.82) is 0 Å². The maximum absolute atomic E-state index is 11.6. The summed E-state index contributed by atoms with van der Waals surface area (Å²) in [6, 6.07) is 4.73.